The van der Waals surface area contributed by atoms with Crippen LogP contribution >= 0.6 is 0 Å². The van der Waals surface area contributed by atoms with E-state index in [2.05, 4.69) is 26.8 Å². The van der Waals surface area contributed by atoms with Gasteiger partial charge in [-0.3, -0.25) is 4.79 Å². The lowest BCUT2D eigenvalue weighted by atomic mass is 9.85. The van der Waals surface area contributed by atoms with Crippen molar-refractivity contribution in [1.29, 1.82) is 0 Å². The second-order valence-corrected chi connectivity index (χ2v) is 6.35. The molecule has 2 nitrogen and oxygen atoms in total. The summed E-state index contributed by atoms with van der Waals surface area (Å²) >= 11 is 0. The molecule has 0 aromatic heterocycles. The highest BCUT2D eigenvalue weighted by atomic mass is 16.5. The van der Waals surface area contributed by atoms with Gasteiger partial charge in [-0.2, -0.15) is 0 Å². The summed E-state index contributed by atoms with van der Waals surface area (Å²) in [5.41, 5.74) is 3.87. The van der Waals surface area contributed by atoms with Crippen LogP contribution in [0.15, 0.2) is 42.5 Å². The molecule has 2 aromatic rings. The van der Waals surface area contributed by atoms with E-state index in [9.17, 15) is 4.79 Å². The number of hydrogen-bond acceptors (Lipinski definition) is 2. The van der Waals surface area contributed by atoms with Crippen molar-refractivity contribution in [2.24, 2.45) is 0 Å². The zero-order valence-corrected chi connectivity index (χ0v) is 13.1. The van der Waals surface area contributed by atoms with Crippen molar-refractivity contribution in [1.82, 2.24) is 0 Å². The van der Waals surface area contributed by atoms with Crippen molar-refractivity contribution in [3.05, 3.63) is 64.7 Å². The Morgan fingerprint density at radius 1 is 1.10 bits per heavy atom. The maximum absolute atomic E-state index is 11.4. The maximum atomic E-state index is 11.4. The first-order valence-corrected chi connectivity index (χ1v) is 7.19. The highest BCUT2D eigenvalue weighted by Gasteiger charge is 2.18. The normalized spacial score (nSPS) is 11.2. The van der Waals surface area contributed by atoms with Crippen LogP contribution in [0.1, 0.15) is 47.8 Å². The standard InChI is InChI=1S/C19H22O2/c1-14-10-17(19(2,3)4)11-16(12-20)18(14)21-13-15-8-6-5-7-9-15/h5-12H,13H2,1-4H3. The minimum atomic E-state index is 0.0144. The molecule has 110 valence electrons. The van der Waals surface area contributed by atoms with E-state index >= 15 is 0 Å². The maximum Gasteiger partial charge on any atom is 0.153 e. The van der Waals surface area contributed by atoms with Gasteiger partial charge in [-0.1, -0.05) is 57.2 Å². The van der Waals surface area contributed by atoms with Crippen LogP contribution in [0.5, 0.6) is 5.75 Å². The Bertz CT molecular complexity index is 622. The monoisotopic (exact) mass is 282 g/mol. The Labute approximate surface area is 126 Å². The zero-order valence-electron chi connectivity index (χ0n) is 13.1. The van der Waals surface area contributed by atoms with Crippen LogP contribution in [0.25, 0.3) is 0 Å². The fourth-order valence-corrected chi connectivity index (χ4v) is 2.25. The summed E-state index contributed by atoms with van der Waals surface area (Å²) in [6.07, 6.45) is 0.878. The van der Waals surface area contributed by atoms with E-state index < -0.39 is 0 Å². The second kappa shape index (κ2) is 6.13. The van der Waals surface area contributed by atoms with Crippen molar-refractivity contribution in [3.8, 4) is 5.75 Å². The summed E-state index contributed by atoms with van der Waals surface area (Å²) < 4.78 is 5.88. The molecule has 0 fully saturated rings. The summed E-state index contributed by atoms with van der Waals surface area (Å²) in [5.74, 6) is 0.682. The molecule has 0 spiro atoms. The number of hydrogen-bond donors (Lipinski definition) is 0. The lowest BCUT2D eigenvalue weighted by Gasteiger charge is -2.22. The predicted molar refractivity (Wildman–Crippen MR) is 86.0 cm³/mol. The Balaban J connectivity index is 2.29. The summed E-state index contributed by atoms with van der Waals surface area (Å²) in [6.45, 7) is 8.88. The van der Waals surface area contributed by atoms with E-state index in [1.165, 1.54) is 0 Å². The lowest BCUT2D eigenvalue weighted by molar-refractivity contribution is 0.111. The Morgan fingerprint density at radius 3 is 2.33 bits per heavy atom. The fraction of sp³-hybridized carbons (Fsp3) is 0.316. The minimum Gasteiger partial charge on any atom is -0.488 e. The average molecular weight is 282 g/mol. The number of rotatable bonds is 4. The third kappa shape index (κ3) is 3.72. The molecule has 0 aliphatic rings. The molecule has 0 aliphatic carbocycles. The van der Waals surface area contributed by atoms with Crippen LogP contribution < -0.4 is 4.74 Å². The second-order valence-electron chi connectivity index (χ2n) is 6.35. The van der Waals surface area contributed by atoms with Crippen molar-refractivity contribution >= 4 is 6.29 Å². The molecule has 0 bridgehead atoms. The van der Waals surface area contributed by atoms with Crippen LogP contribution in [-0.4, -0.2) is 6.29 Å². The SMILES string of the molecule is Cc1cc(C(C)(C)C)cc(C=O)c1OCc1ccccc1. The van der Waals surface area contributed by atoms with E-state index in [4.69, 9.17) is 4.74 Å². The molecule has 2 aromatic carbocycles. The molecule has 2 heteroatoms. The number of carbonyl (C=O) groups excluding carboxylic acids is 1. The van der Waals surface area contributed by atoms with E-state index in [0.717, 1.165) is 23.0 Å². The molecule has 0 saturated heterocycles. The van der Waals surface area contributed by atoms with Crippen molar-refractivity contribution in [2.75, 3.05) is 0 Å². The van der Waals surface area contributed by atoms with Crippen LogP contribution in [-0.2, 0) is 12.0 Å². The van der Waals surface area contributed by atoms with Gasteiger partial charge >= 0.3 is 0 Å². The topological polar surface area (TPSA) is 26.3 Å². The van der Waals surface area contributed by atoms with Crippen molar-refractivity contribution in [2.45, 2.75) is 39.7 Å². The van der Waals surface area contributed by atoms with Gasteiger partial charge in [0.05, 0.1) is 5.56 Å². The lowest BCUT2D eigenvalue weighted by Crippen LogP contribution is -2.12. The van der Waals surface area contributed by atoms with Gasteiger partial charge in [0, 0.05) is 0 Å². The molecular weight excluding hydrogens is 260 g/mol. The van der Waals surface area contributed by atoms with Crippen LogP contribution in [0.2, 0.25) is 0 Å². The first-order valence-electron chi connectivity index (χ1n) is 7.19. The largest absolute Gasteiger partial charge is 0.488 e. The molecule has 0 aliphatic heterocycles. The molecule has 0 unspecified atom stereocenters. The Kier molecular flexibility index (Phi) is 4.46. The van der Waals surface area contributed by atoms with Crippen LogP contribution in [0, 0.1) is 6.92 Å². The quantitative estimate of drug-likeness (QED) is 0.761. The molecule has 0 atom stereocenters. The first-order chi connectivity index (χ1) is 9.91. The Hall–Kier alpha value is -2.09. The molecule has 0 saturated carbocycles. The number of carbonyl (C=O) groups is 1. The van der Waals surface area contributed by atoms with E-state index in [0.29, 0.717) is 17.9 Å². The van der Waals surface area contributed by atoms with Crippen molar-refractivity contribution < 1.29 is 9.53 Å². The van der Waals surface area contributed by atoms with E-state index in [1.807, 2.05) is 43.3 Å². The van der Waals surface area contributed by atoms with E-state index in [1.54, 1.807) is 0 Å². The molecule has 0 heterocycles. The summed E-state index contributed by atoms with van der Waals surface area (Å²) in [6, 6.07) is 14.0. The smallest absolute Gasteiger partial charge is 0.153 e. The summed E-state index contributed by atoms with van der Waals surface area (Å²) in [7, 11) is 0. The minimum absolute atomic E-state index is 0.0144. The first kappa shape index (κ1) is 15.3. The number of benzene rings is 2. The number of aldehydes is 1. The van der Waals surface area contributed by atoms with Gasteiger partial charge in [0.15, 0.2) is 6.29 Å². The third-order valence-corrected chi connectivity index (χ3v) is 3.52. The van der Waals surface area contributed by atoms with Gasteiger partial charge in [-0.05, 0) is 35.1 Å². The average Bonchev–Trinajstić information content (AvgIpc) is 2.45. The molecule has 0 N–H and O–H groups in total. The van der Waals surface area contributed by atoms with Crippen LogP contribution in [0.4, 0.5) is 0 Å². The van der Waals surface area contributed by atoms with Gasteiger partial charge in [0.25, 0.3) is 0 Å². The molecular formula is C19H22O2. The fourth-order valence-electron chi connectivity index (χ4n) is 2.25. The highest BCUT2D eigenvalue weighted by molar-refractivity contribution is 5.81. The molecule has 21 heavy (non-hydrogen) atoms. The highest BCUT2D eigenvalue weighted by Crippen LogP contribution is 2.31. The molecule has 2 rings (SSSR count). The zero-order chi connectivity index (χ0) is 15.5. The molecule has 0 amide bonds. The van der Waals surface area contributed by atoms with Gasteiger partial charge in [-0.15, -0.1) is 0 Å². The van der Waals surface area contributed by atoms with Crippen molar-refractivity contribution in [3.63, 3.8) is 0 Å². The van der Waals surface area contributed by atoms with E-state index in [-0.39, 0.29) is 5.41 Å². The molecule has 0 radical (unpaired) electrons. The van der Waals surface area contributed by atoms with Gasteiger partial charge in [0.1, 0.15) is 12.4 Å². The number of ether oxygens (including phenoxy) is 1. The van der Waals surface area contributed by atoms with Gasteiger partial charge < -0.3 is 4.74 Å². The number of aryl methyl sites for hydroxylation is 1. The summed E-state index contributed by atoms with van der Waals surface area (Å²) in [5, 5.41) is 0. The third-order valence-electron chi connectivity index (χ3n) is 3.52. The predicted octanol–water partition coefficient (Wildman–Crippen LogP) is 4.68. The summed E-state index contributed by atoms with van der Waals surface area (Å²) in [4.78, 5) is 11.4. The van der Waals surface area contributed by atoms with Gasteiger partial charge in [-0.25, -0.2) is 0 Å². The Morgan fingerprint density at radius 2 is 1.76 bits per heavy atom. The van der Waals surface area contributed by atoms with Crippen LogP contribution in [0.3, 0.4) is 0 Å². The van der Waals surface area contributed by atoms with Gasteiger partial charge in [0.2, 0.25) is 0 Å².